The van der Waals surface area contributed by atoms with Crippen molar-refractivity contribution in [2.45, 2.75) is 54.3 Å². The predicted molar refractivity (Wildman–Crippen MR) is 235 cm³/mol. The van der Waals surface area contributed by atoms with Crippen molar-refractivity contribution < 1.29 is 0 Å². The van der Waals surface area contributed by atoms with Crippen LogP contribution in [0.3, 0.4) is 0 Å². The molecule has 8 aromatic rings. The van der Waals surface area contributed by atoms with Crippen LogP contribution in [0, 0.1) is 34.6 Å². The first kappa shape index (κ1) is 34.4. The van der Waals surface area contributed by atoms with E-state index < -0.39 is 8.07 Å². The Kier molecular flexibility index (Phi) is 8.71. The molecule has 0 heterocycles. The van der Waals surface area contributed by atoms with E-state index in [2.05, 4.69) is 210 Å². The largest absolute Gasteiger partial charge is 0.310 e. The van der Waals surface area contributed by atoms with Crippen molar-refractivity contribution in [3.05, 3.63) is 173 Å². The lowest BCUT2D eigenvalue weighted by Gasteiger charge is -2.31. The summed E-state index contributed by atoms with van der Waals surface area (Å²) in [5.41, 5.74) is 13.4. The minimum absolute atomic E-state index is 1.15. The summed E-state index contributed by atoms with van der Waals surface area (Å²) in [6.07, 6.45) is 0. The van der Waals surface area contributed by atoms with E-state index in [9.17, 15) is 0 Å². The Morgan fingerprint density at radius 2 is 0.717 bits per heavy atom. The first-order chi connectivity index (χ1) is 25.5. The van der Waals surface area contributed by atoms with Gasteiger partial charge in [-0.15, -0.1) is 0 Å². The van der Waals surface area contributed by atoms with E-state index in [4.69, 9.17) is 0 Å². The number of nitrogens with zero attached hydrogens (tertiary/aromatic N) is 2. The van der Waals surface area contributed by atoms with Gasteiger partial charge in [0.2, 0.25) is 0 Å². The Bertz CT molecular complexity index is 2650. The second kappa shape index (κ2) is 13.4. The Labute approximate surface area is 316 Å². The first-order valence-corrected chi connectivity index (χ1v) is 22.3. The molecular formula is C50H48N2Si. The van der Waals surface area contributed by atoms with Crippen LogP contribution in [0.15, 0.2) is 146 Å². The molecule has 8 rings (SSSR count). The molecule has 0 amide bonds. The van der Waals surface area contributed by atoms with Crippen LogP contribution in [0.1, 0.15) is 27.8 Å². The number of fused-ring (bicyclic) bond motifs is 5. The molecule has 3 heteroatoms. The number of hydrogen-bond acceptors (Lipinski definition) is 2. The third-order valence-corrected chi connectivity index (χ3v) is 12.9. The van der Waals surface area contributed by atoms with Crippen molar-refractivity contribution in [2.24, 2.45) is 0 Å². The number of rotatable bonds is 7. The molecule has 0 aliphatic heterocycles. The van der Waals surface area contributed by atoms with Gasteiger partial charge in [0.05, 0.1) is 19.4 Å². The molecule has 0 atom stereocenters. The average Bonchev–Trinajstić information content (AvgIpc) is 3.14. The Balaban J connectivity index is 1.46. The Morgan fingerprint density at radius 1 is 0.340 bits per heavy atom. The molecule has 0 bridgehead atoms. The highest BCUT2D eigenvalue weighted by Crippen LogP contribution is 2.48. The molecule has 0 spiro atoms. The Morgan fingerprint density at radius 3 is 1.11 bits per heavy atom. The van der Waals surface area contributed by atoms with Gasteiger partial charge in [-0.2, -0.15) is 0 Å². The molecule has 0 unspecified atom stereocenters. The highest BCUT2D eigenvalue weighted by atomic mass is 28.3. The van der Waals surface area contributed by atoms with Gasteiger partial charge < -0.3 is 9.80 Å². The molecule has 53 heavy (non-hydrogen) atoms. The van der Waals surface area contributed by atoms with Crippen LogP contribution in [0.25, 0.3) is 32.3 Å². The van der Waals surface area contributed by atoms with Crippen molar-refractivity contribution >= 4 is 79.7 Å². The lowest BCUT2D eigenvalue weighted by atomic mass is 9.93. The molecule has 0 saturated carbocycles. The number of hydrogen-bond donors (Lipinski definition) is 0. The first-order valence-electron chi connectivity index (χ1n) is 18.8. The molecule has 0 aromatic heterocycles. The Hall–Kier alpha value is -5.64. The van der Waals surface area contributed by atoms with Gasteiger partial charge in [-0.05, 0) is 116 Å². The zero-order valence-corrected chi connectivity index (χ0v) is 33.3. The summed E-state index contributed by atoms with van der Waals surface area (Å²) in [5, 5.41) is 8.88. The zero-order chi connectivity index (χ0) is 37.0. The van der Waals surface area contributed by atoms with Gasteiger partial charge in [-0.25, -0.2) is 0 Å². The third-order valence-electron chi connectivity index (χ3n) is 10.8. The normalized spacial score (nSPS) is 11.8. The summed E-state index contributed by atoms with van der Waals surface area (Å²) in [4.78, 5) is 4.95. The quantitative estimate of drug-likeness (QED) is 0.120. The summed E-state index contributed by atoms with van der Waals surface area (Å²) in [6.45, 7) is 18.2. The van der Waals surface area contributed by atoms with Gasteiger partial charge >= 0.3 is 0 Å². The number of benzene rings is 8. The molecule has 262 valence electrons. The van der Waals surface area contributed by atoms with E-state index in [1.165, 1.54) is 93.8 Å². The van der Waals surface area contributed by atoms with Crippen LogP contribution in [0.5, 0.6) is 0 Å². The summed E-state index contributed by atoms with van der Waals surface area (Å²) in [5.74, 6) is 0. The average molecular weight is 705 g/mol. The van der Waals surface area contributed by atoms with Crippen molar-refractivity contribution in [1.29, 1.82) is 0 Å². The van der Waals surface area contributed by atoms with Crippen molar-refractivity contribution in [1.82, 2.24) is 0 Å². The van der Waals surface area contributed by atoms with E-state index in [1.54, 1.807) is 0 Å². The van der Waals surface area contributed by atoms with Crippen LogP contribution in [-0.2, 0) is 0 Å². The van der Waals surface area contributed by atoms with Crippen LogP contribution in [0.2, 0.25) is 19.6 Å². The molecule has 0 N–H and O–H groups in total. The van der Waals surface area contributed by atoms with Crippen LogP contribution < -0.4 is 15.0 Å². The molecule has 2 nitrogen and oxygen atoms in total. The maximum absolute atomic E-state index is 2.49. The minimum atomic E-state index is -1.47. The fourth-order valence-corrected chi connectivity index (χ4v) is 9.18. The second-order valence-corrected chi connectivity index (χ2v) is 20.9. The number of anilines is 6. The van der Waals surface area contributed by atoms with Gasteiger partial charge in [0, 0.05) is 33.5 Å². The van der Waals surface area contributed by atoms with E-state index in [1.807, 2.05) is 0 Å². The van der Waals surface area contributed by atoms with Gasteiger partial charge in [0.25, 0.3) is 0 Å². The maximum Gasteiger partial charge on any atom is 0.0775 e. The molecule has 0 aliphatic rings. The SMILES string of the molecule is Cc1ccc(N(c2ccc(C)cc2C)c2cc3c4ccccc4c(N(c4ccc([Si](C)(C)C)cc4)c4ccc(C)cc4C)cc3c3ccccc23)cc1. The topological polar surface area (TPSA) is 6.48 Å². The van der Waals surface area contributed by atoms with Crippen molar-refractivity contribution in [3.8, 4) is 0 Å². The lowest BCUT2D eigenvalue weighted by molar-refractivity contribution is 1.24. The van der Waals surface area contributed by atoms with Gasteiger partial charge in [-0.3, -0.25) is 0 Å². The molecule has 0 aliphatic carbocycles. The monoisotopic (exact) mass is 704 g/mol. The van der Waals surface area contributed by atoms with Gasteiger partial charge in [0.15, 0.2) is 0 Å². The van der Waals surface area contributed by atoms with E-state index >= 15 is 0 Å². The summed E-state index contributed by atoms with van der Waals surface area (Å²) in [7, 11) is -1.47. The van der Waals surface area contributed by atoms with Crippen LogP contribution in [-0.4, -0.2) is 8.07 Å². The highest BCUT2D eigenvalue weighted by molar-refractivity contribution is 6.88. The van der Waals surface area contributed by atoms with E-state index in [0.717, 1.165) is 5.69 Å². The van der Waals surface area contributed by atoms with Crippen molar-refractivity contribution in [3.63, 3.8) is 0 Å². The fraction of sp³-hybridized carbons (Fsp3) is 0.160. The van der Waals surface area contributed by atoms with Crippen LogP contribution in [0.4, 0.5) is 34.1 Å². The molecule has 0 saturated heterocycles. The van der Waals surface area contributed by atoms with E-state index in [-0.39, 0.29) is 0 Å². The number of aryl methyl sites for hydroxylation is 5. The smallest absolute Gasteiger partial charge is 0.0775 e. The van der Waals surface area contributed by atoms with Gasteiger partial charge in [0.1, 0.15) is 0 Å². The zero-order valence-electron chi connectivity index (χ0n) is 32.3. The van der Waals surface area contributed by atoms with Crippen molar-refractivity contribution in [2.75, 3.05) is 9.80 Å². The summed E-state index contributed by atoms with van der Waals surface area (Å²) in [6, 6.07) is 54.8. The van der Waals surface area contributed by atoms with Crippen LogP contribution >= 0.6 is 0 Å². The summed E-state index contributed by atoms with van der Waals surface area (Å²) < 4.78 is 0. The lowest BCUT2D eigenvalue weighted by Crippen LogP contribution is -2.37. The third kappa shape index (κ3) is 6.30. The molecule has 0 radical (unpaired) electrons. The molecule has 0 fully saturated rings. The molecular weight excluding hydrogens is 657 g/mol. The molecule has 8 aromatic carbocycles. The standard InChI is InChI=1S/C50H48N2Si/c1-33-17-21-38(22-18-33)51(47-27-19-34(2)29-36(47)4)49-31-45-42-14-10-12-16-44(42)50(32-46(45)41-13-9-11-15-43(41)49)52(48-28-20-35(3)30-37(48)5)39-23-25-40(26-24-39)53(6,7)8/h9-32H,1-8H3. The predicted octanol–water partition coefficient (Wildman–Crippen LogP) is 14.2. The fourth-order valence-electron chi connectivity index (χ4n) is 8.02. The maximum atomic E-state index is 2.49. The van der Waals surface area contributed by atoms with E-state index in [0.29, 0.717) is 0 Å². The van der Waals surface area contributed by atoms with Gasteiger partial charge in [-0.1, -0.05) is 139 Å². The summed E-state index contributed by atoms with van der Waals surface area (Å²) >= 11 is 0. The second-order valence-electron chi connectivity index (χ2n) is 15.9. The minimum Gasteiger partial charge on any atom is -0.310 e. The highest BCUT2D eigenvalue weighted by Gasteiger charge is 2.24.